The molecule has 0 saturated carbocycles. The van der Waals surface area contributed by atoms with Gasteiger partial charge in [0.2, 0.25) is 5.91 Å². The number of amides is 1. The van der Waals surface area contributed by atoms with Crippen molar-refractivity contribution >= 4 is 83.5 Å². The van der Waals surface area contributed by atoms with Crippen LogP contribution in [0.4, 0.5) is 24.1 Å². The Balaban J connectivity index is 1.51. The standard InChI is InChI=1S/C26H23F3N6O2S4/c1-2-16(36)33-3-5-34(6-4-33)21-13-7-15(26(27,28)29)17(14-8-39-22-18(14)31-23(30)41-22)20-19(13)35(24(37)32-21)9-25(12-40-20)10-38-11-25/h2,7-8H,1,3-6,9-12H2,(H2,30,31). The fourth-order valence-corrected chi connectivity index (χ4v) is 10.6. The molecule has 0 atom stereocenters. The number of aromatic nitrogens is 3. The molecule has 1 aromatic carbocycles. The van der Waals surface area contributed by atoms with Crippen molar-refractivity contribution in [3.05, 3.63) is 40.1 Å². The Hall–Kier alpha value is -2.75. The number of thioether (sulfide) groups is 2. The number of nitrogen functional groups attached to an aromatic ring is 1. The van der Waals surface area contributed by atoms with Gasteiger partial charge in [-0.2, -0.15) is 29.9 Å². The minimum Gasteiger partial charge on any atom is -0.375 e. The number of fused-ring (bicyclic) bond motifs is 1. The van der Waals surface area contributed by atoms with Gasteiger partial charge in [-0.05, 0) is 12.1 Å². The molecule has 3 aliphatic heterocycles. The third kappa shape index (κ3) is 4.34. The largest absolute Gasteiger partial charge is 0.417 e. The molecular formula is C26H23F3N6O2S4. The fourth-order valence-electron chi connectivity index (χ4n) is 5.77. The molecule has 2 fully saturated rings. The van der Waals surface area contributed by atoms with E-state index in [-0.39, 0.29) is 22.7 Å². The summed E-state index contributed by atoms with van der Waals surface area (Å²) >= 11 is 5.73. The highest BCUT2D eigenvalue weighted by Gasteiger charge is 2.44. The molecule has 2 saturated heterocycles. The Labute approximate surface area is 248 Å². The number of nitrogens with two attached hydrogens (primary N) is 1. The van der Waals surface area contributed by atoms with Crippen LogP contribution in [0.25, 0.3) is 31.6 Å². The normalized spacial score (nSPS) is 18.6. The predicted octanol–water partition coefficient (Wildman–Crippen LogP) is 5.01. The number of alkyl halides is 3. The second-order valence-electron chi connectivity index (χ2n) is 10.5. The van der Waals surface area contributed by atoms with Crippen LogP contribution in [0.1, 0.15) is 5.56 Å². The highest BCUT2D eigenvalue weighted by Crippen LogP contribution is 2.54. The van der Waals surface area contributed by atoms with Gasteiger partial charge in [0, 0.05) is 82.2 Å². The van der Waals surface area contributed by atoms with E-state index in [9.17, 15) is 22.8 Å². The summed E-state index contributed by atoms with van der Waals surface area (Å²) in [5, 5.41) is 2.30. The molecule has 1 amide bonds. The van der Waals surface area contributed by atoms with Crippen molar-refractivity contribution in [2.24, 2.45) is 5.41 Å². The molecule has 0 aliphatic carbocycles. The van der Waals surface area contributed by atoms with Crippen molar-refractivity contribution < 1.29 is 18.0 Å². The summed E-state index contributed by atoms with van der Waals surface area (Å²) in [5.74, 6) is 2.26. The summed E-state index contributed by atoms with van der Waals surface area (Å²) in [6.07, 6.45) is -3.44. The number of hydrogen-bond acceptors (Lipinski definition) is 10. The molecule has 4 aromatic rings. The minimum atomic E-state index is -4.68. The van der Waals surface area contributed by atoms with Crippen LogP contribution >= 0.6 is 46.2 Å². The van der Waals surface area contributed by atoms with E-state index in [4.69, 9.17) is 5.73 Å². The van der Waals surface area contributed by atoms with Crippen LogP contribution in [0.3, 0.4) is 0 Å². The first-order valence-corrected chi connectivity index (χ1v) is 16.6. The minimum absolute atomic E-state index is 0.0438. The number of carbonyl (C=O) groups excluding carboxylic acids is 1. The van der Waals surface area contributed by atoms with E-state index in [0.717, 1.165) is 21.6 Å². The third-order valence-electron chi connectivity index (χ3n) is 7.82. The van der Waals surface area contributed by atoms with Crippen LogP contribution in [-0.4, -0.2) is 68.8 Å². The Bertz CT molecular complexity index is 1800. The topological polar surface area (TPSA) is 97.4 Å². The molecule has 2 N–H and O–H groups in total. The molecule has 0 radical (unpaired) electrons. The third-order valence-corrected chi connectivity index (χ3v) is 12.9. The summed E-state index contributed by atoms with van der Waals surface area (Å²) in [4.78, 5) is 38.5. The van der Waals surface area contributed by atoms with Crippen LogP contribution in [0.5, 0.6) is 0 Å². The molecular weight excluding hydrogens is 614 g/mol. The molecule has 8 nitrogen and oxygen atoms in total. The number of rotatable bonds is 3. The lowest BCUT2D eigenvalue weighted by molar-refractivity contribution is -0.137. The summed E-state index contributed by atoms with van der Waals surface area (Å²) in [6, 6.07) is 1.15. The molecule has 7 rings (SSSR count). The second-order valence-corrected chi connectivity index (χ2v) is 14.6. The van der Waals surface area contributed by atoms with Crippen molar-refractivity contribution in [1.29, 1.82) is 0 Å². The Kier molecular flexibility index (Phi) is 6.37. The van der Waals surface area contributed by atoms with Gasteiger partial charge < -0.3 is 15.5 Å². The van der Waals surface area contributed by atoms with Crippen molar-refractivity contribution in [3.8, 4) is 11.1 Å². The van der Waals surface area contributed by atoms with Gasteiger partial charge in [-0.1, -0.05) is 17.9 Å². The first kappa shape index (κ1) is 27.1. The second kappa shape index (κ2) is 9.64. The van der Waals surface area contributed by atoms with Gasteiger partial charge in [-0.15, -0.1) is 23.1 Å². The van der Waals surface area contributed by atoms with Crippen LogP contribution in [-0.2, 0) is 17.5 Å². The highest BCUT2D eigenvalue weighted by molar-refractivity contribution is 8.01. The zero-order chi connectivity index (χ0) is 28.7. The van der Waals surface area contributed by atoms with Crippen molar-refractivity contribution in [3.63, 3.8) is 0 Å². The van der Waals surface area contributed by atoms with Gasteiger partial charge >= 0.3 is 11.9 Å². The lowest BCUT2D eigenvalue weighted by atomic mass is 9.93. The maximum atomic E-state index is 15.0. The van der Waals surface area contributed by atoms with Crippen molar-refractivity contribution in [2.75, 3.05) is 54.1 Å². The predicted molar refractivity (Wildman–Crippen MR) is 161 cm³/mol. The lowest BCUT2D eigenvalue weighted by Gasteiger charge is -2.40. The molecule has 3 aliphatic rings. The maximum Gasteiger partial charge on any atom is 0.417 e. The van der Waals surface area contributed by atoms with Gasteiger partial charge in [-0.3, -0.25) is 9.36 Å². The molecule has 15 heteroatoms. The average Bonchev–Trinajstić information content (AvgIpc) is 3.41. The van der Waals surface area contributed by atoms with Gasteiger partial charge in [0.15, 0.2) is 5.13 Å². The zero-order valence-corrected chi connectivity index (χ0v) is 24.8. The average molecular weight is 637 g/mol. The SMILES string of the molecule is C=CC(=O)N1CCN(c2nc(=O)n3c4c(c(-c5csc6sc(N)nc56)c(C(F)(F)F)cc24)SCC2(CSC2)C3)CC1. The van der Waals surface area contributed by atoms with Crippen LogP contribution in [0.15, 0.2) is 33.8 Å². The summed E-state index contributed by atoms with van der Waals surface area (Å²) in [6.45, 7) is 5.30. The van der Waals surface area contributed by atoms with E-state index in [1.807, 2.05) is 4.90 Å². The number of nitrogens with zero attached hydrogens (tertiary/aromatic N) is 5. The number of anilines is 2. The molecule has 41 heavy (non-hydrogen) atoms. The fraction of sp³-hybridized carbons (Fsp3) is 0.385. The van der Waals surface area contributed by atoms with E-state index < -0.39 is 17.4 Å². The monoisotopic (exact) mass is 636 g/mol. The molecule has 6 heterocycles. The van der Waals surface area contributed by atoms with E-state index in [0.29, 0.717) is 70.5 Å². The van der Waals surface area contributed by atoms with E-state index in [1.165, 1.54) is 40.5 Å². The maximum absolute atomic E-state index is 15.0. The van der Waals surface area contributed by atoms with Crippen LogP contribution in [0, 0.1) is 5.41 Å². The molecule has 3 aromatic heterocycles. The Morgan fingerprint density at radius 1 is 1.15 bits per heavy atom. The summed E-state index contributed by atoms with van der Waals surface area (Å²) in [5.41, 5.74) is 5.83. The number of piperazine rings is 1. The Morgan fingerprint density at radius 2 is 1.90 bits per heavy atom. The van der Waals surface area contributed by atoms with Gasteiger partial charge in [0.25, 0.3) is 0 Å². The van der Waals surface area contributed by atoms with Crippen LogP contribution < -0.4 is 16.3 Å². The van der Waals surface area contributed by atoms with Crippen molar-refractivity contribution in [2.45, 2.75) is 17.6 Å². The van der Waals surface area contributed by atoms with Crippen LogP contribution in [0.2, 0.25) is 0 Å². The molecule has 1 spiro atoms. The quantitative estimate of drug-likeness (QED) is 0.314. The number of halogens is 3. The number of carbonyl (C=O) groups is 1. The number of hydrogen-bond donors (Lipinski definition) is 1. The van der Waals surface area contributed by atoms with Crippen molar-refractivity contribution in [1.82, 2.24) is 19.4 Å². The zero-order valence-electron chi connectivity index (χ0n) is 21.5. The lowest BCUT2D eigenvalue weighted by Crippen LogP contribution is -2.49. The molecule has 0 unspecified atom stereocenters. The number of thiophene rings is 1. The summed E-state index contributed by atoms with van der Waals surface area (Å²) < 4.78 is 47.2. The van der Waals surface area contributed by atoms with E-state index >= 15 is 0 Å². The van der Waals surface area contributed by atoms with Gasteiger partial charge in [0.05, 0.1) is 11.1 Å². The smallest absolute Gasteiger partial charge is 0.375 e. The molecule has 214 valence electrons. The van der Waals surface area contributed by atoms with E-state index in [1.54, 1.807) is 26.6 Å². The summed E-state index contributed by atoms with van der Waals surface area (Å²) in [7, 11) is 0. The number of thiazole rings is 1. The highest BCUT2D eigenvalue weighted by atomic mass is 32.2. The van der Waals surface area contributed by atoms with Gasteiger partial charge in [-0.25, -0.2) is 9.78 Å². The Morgan fingerprint density at radius 3 is 2.56 bits per heavy atom. The van der Waals surface area contributed by atoms with Gasteiger partial charge in [0.1, 0.15) is 15.3 Å². The number of benzene rings is 1. The molecule has 0 bridgehead atoms. The van der Waals surface area contributed by atoms with E-state index in [2.05, 4.69) is 16.5 Å². The first-order chi connectivity index (χ1) is 19.6. The first-order valence-electron chi connectivity index (χ1n) is 12.8.